The molecule has 1 heterocycles. The molecule has 1 amide bonds. The van der Waals surface area contributed by atoms with Crippen LogP contribution in [0.25, 0.3) is 6.08 Å². The number of nitrogens with one attached hydrogen (secondary N) is 1. The van der Waals surface area contributed by atoms with Crippen molar-refractivity contribution in [1.82, 2.24) is 10.3 Å². The lowest BCUT2D eigenvalue weighted by molar-refractivity contribution is -0.173. The van der Waals surface area contributed by atoms with Crippen molar-refractivity contribution in [3.63, 3.8) is 0 Å². The van der Waals surface area contributed by atoms with E-state index in [0.29, 0.717) is 5.01 Å². The minimum Gasteiger partial charge on any atom is -0.464 e. The third kappa shape index (κ3) is 4.70. The van der Waals surface area contributed by atoms with E-state index >= 15 is 0 Å². The fourth-order valence-corrected chi connectivity index (χ4v) is 1.68. The molecule has 9 heteroatoms. The van der Waals surface area contributed by atoms with Crippen LogP contribution in [-0.4, -0.2) is 36.7 Å². The quantitative estimate of drug-likeness (QED) is 0.857. The van der Waals surface area contributed by atoms with Crippen LogP contribution in [0.5, 0.6) is 0 Å². The molecule has 104 valence electrons. The molecule has 1 aromatic heterocycles. The lowest BCUT2D eigenvalue weighted by Gasteiger charge is -2.04. The molecule has 0 bridgehead atoms. The molecule has 0 saturated heterocycles. The Hall–Kier alpha value is -1.90. The highest BCUT2D eigenvalue weighted by atomic mass is 32.1. The maximum absolute atomic E-state index is 11.8. The van der Waals surface area contributed by atoms with Crippen LogP contribution in [0.4, 0.5) is 13.2 Å². The number of ether oxygens (including phenoxy) is 1. The normalized spacial score (nSPS) is 11.6. The van der Waals surface area contributed by atoms with Gasteiger partial charge in [0, 0.05) is 11.9 Å². The number of rotatable bonds is 4. The van der Waals surface area contributed by atoms with Gasteiger partial charge in [-0.1, -0.05) is 6.08 Å². The van der Waals surface area contributed by atoms with Crippen molar-refractivity contribution in [2.24, 2.45) is 0 Å². The highest BCUT2D eigenvalue weighted by molar-refractivity contribution is 7.10. The van der Waals surface area contributed by atoms with E-state index in [1.54, 1.807) is 5.32 Å². The Kier molecular flexibility index (Phi) is 5.04. The highest BCUT2D eigenvalue weighted by Gasteiger charge is 2.37. The van der Waals surface area contributed by atoms with Crippen LogP contribution in [0, 0.1) is 0 Å². The van der Waals surface area contributed by atoms with E-state index in [2.05, 4.69) is 9.72 Å². The largest absolute Gasteiger partial charge is 0.471 e. The molecule has 0 atom stereocenters. The van der Waals surface area contributed by atoms with Gasteiger partial charge in [-0.2, -0.15) is 13.2 Å². The van der Waals surface area contributed by atoms with Gasteiger partial charge in [0.25, 0.3) is 0 Å². The monoisotopic (exact) mass is 294 g/mol. The van der Waals surface area contributed by atoms with Crippen LogP contribution < -0.4 is 5.32 Å². The summed E-state index contributed by atoms with van der Waals surface area (Å²) in [4.78, 5) is 25.4. The number of carbonyl (C=O) groups is 2. The molecule has 1 rings (SSSR count). The van der Waals surface area contributed by atoms with Crippen molar-refractivity contribution in [3.8, 4) is 0 Å². The van der Waals surface area contributed by atoms with Gasteiger partial charge in [0.1, 0.15) is 5.01 Å². The number of nitrogens with zero attached hydrogens (tertiary/aromatic N) is 1. The second-order valence-corrected chi connectivity index (χ2v) is 4.06. The molecule has 0 fully saturated rings. The Labute approximate surface area is 110 Å². The number of aromatic nitrogens is 1. The van der Waals surface area contributed by atoms with Crippen LogP contribution in [0.15, 0.2) is 11.5 Å². The van der Waals surface area contributed by atoms with Crippen LogP contribution in [0.1, 0.15) is 15.5 Å². The summed E-state index contributed by atoms with van der Waals surface area (Å²) in [7, 11) is 1.21. The number of halogens is 3. The van der Waals surface area contributed by atoms with Crippen LogP contribution in [-0.2, 0) is 9.53 Å². The number of hydrogen-bond acceptors (Lipinski definition) is 5. The van der Waals surface area contributed by atoms with Gasteiger partial charge in [-0.15, -0.1) is 11.3 Å². The summed E-state index contributed by atoms with van der Waals surface area (Å²) < 4.78 is 39.9. The zero-order valence-electron chi connectivity index (χ0n) is 9.65. The lowest BCUT2D eigenvalue weighted by atomic mass is 10.4. The van der Waals surface area contributed by atoms with Gasteiger partial charge in [-0.25, -0.2) is 9.78 Å². The molecule has 0 aliphatic carbocycles. The second-order valence-electron chi connectivity index (χ2n) is 3.17. The van der Waals surface area contributed by atoms with E-state index in [0.717, 1.165) is 11.3 Å². The molecular formula is C10H9F3N2O3S. The van der Waals surface area contributed by atoms with Crippen LogP contribution in [0.3, 0.4) is 0 Å². The van der Waals surface area contributed by atoms with Crippen molar-refractivity contribution in [2.45, 2.75) is 6.18 Å². The molecule has 0 unspecified atom stereocenters. The van der Waals surface area contributed by atoms with Gasteiger partial charge in [0.2, 0.25) is 0 Å². The summed E-state index contributed by atoms with van der Waals surface area (Å²) in [6, 6.07) is 0. The highest BCUT2D eigenvalue weighted by Crippen LogP contribution is 2.14. The van der Waals surface area contributed by atoms with E-state index in [1.165, 1.54) is 24.6 Å². The van der Waals surface area contributed by atoms with Crippen molar-refractivity contribution in [1.29, 1.82) is 0 Å². The number of amides is 1. The maximum atomic E-state index is 11.8. The van der Waals surface area contributed by atoms with Gasteiger partial charge >= 0.3 is 18.1 Å². The average molecular weight is 294 g/mol. The maximum Gasteiger partial charge on any atom is 0.471 e. The number of thiazole rings is 1. The van der Waals surface area contributed by atoms with Gasteiger partial charge in [-0.3, -0.25) is 4.79 Å². The summed E-state index contributed by atoms with van der Waals surface area (Å²) in [5.74, 6) is -2.60. The first-order valence-electron chi connectivity index (χ1n) is 4.90. The number of alkyl halides is 3. The third-order valence-corrected chi connectivity index (χ3v) is 2.62. The predicted molar refractivity (Wildman–Crippen MR) is 61.6 cm³/mol. The number of esters is 1. The molecule has 0 saturated carbocycles. The molecule has 19 heavy (non-hydrogen) atoms. The molecular weight excluding hydrogens is 285 g/mol. The first-order valence-corrected chi connectivity index (χ1v) is 5.78. The van der Waals surface area contributed by atoms with Crippen molar-refractivity contribution >= 4 is 29.3 Å². The van der Waals surface area contributed by atoms with Gasteiger partial charge in [0.05, 0.1) is 7.11 Å². The summed E-state index contributed by atoms with van der Waals surface area (Å²) in [6.45, 7) is -0.286. The average Bonchev–Trinajstić information content (AvgIpc) is 2.80. The Balaban J connectivity index is 2.48. The second kappa shape index (κ2) is 6.32. The van der Waals surface area contributed by atoms with Crippen molar-refractivity contribution in [2.75, 3.05) is 13.7 Å². The van der Waals surface area contributed by atoms with Crippen LogP contribution in [0.2, 0.25) is 0 Å². The van der Waals surface area contributed by atoms with E-state index < -0.39 is 18.1 Å². The van der Waals surface area contributed by atoms with Crippen molar-refractivity contribution < 1.29 is 27.5 Å². The van der Waals surface area contributed by atoms with E-state index in [4.69, 9.17) is 0 Å². The predicted octanol–water partition coefficient (Wildman–Crippen LogP) is 1.62. The fourth-order valence-electron chi connectivity index (χ4n) is 0.974. The summed E-state index contributed by atoms with van der Waals surface area (Å²) in [6.07, 6.45) is -2.20. The van der Waals surface area contributed by atoms with E-state index in [9.17, 15) is 22.8 Å². The summed E-state index contributed by atoms with van der Waals surface area (Å²) in [5.41, 5.74) is 0.117. The molecule has 0 aromatic carbocycles. The zero-order chi connectivity index (χ0) is 14.5. The molecule has 1 aromatic rings. The Morgan fingerprint density at radius 2 is 2.21 bits per heavy atom. The Morgan fingerprint density at radius 3 is 2.79 bits per heavy atom. The van der Waals surface area contributed by atoms with E-state index in [1.807, 2.05) is 0 Å². The fraction of sp³-hybridized carbons (Fsp3) is 0.300. The standard InChI is InChI=1S/C10H9F3N2O3S/c1-18-8(16)6-5-19-7(15-6)3-2-4-14-9(17)10(11,12)13/h2-3,5H,4H2,1H3,(H,14,17)/b3-2+. The molecule has 0 spiro atoms. The van der Waals surface area contributed by atoms with Gasteiger partial charge in [-0.05, 0) is 6.08 Å². The smallest absolute Gasteiger partial charge is 0.464 e. The topological polar surface area (TPSA) is 68.3 Å². The molecule has 0 radical (unpaired) electrons. The zero-order valence-corrected chi connectivity index (χ0v) is 10.5. The molecule has 5 nitrogen and oxygen atoms in total. The minimum atomic E-state index is -4.90. The third-order valence-electron chi connectivity index (χ3n) is 1.81. The number of hydrogen-bond donors (Lipinski definition) is 1. The summed E-state index contributed by atoms with van der Waals surface area (Å²) >= 11 is 1.12. The number of carbonyl (C=O) groups excluding carboxylic acids is 2. The van der Waals surface area contributed by atoms with Crippen LogP contribution >= 0.6 is 11.3 Å². The Morgan fingerprint density at radius 1 is 1.53 bits per heavy atom. The first-order chi connectivity index (χ1) is 8.84. The Bertz CT molecular complexity index is 496. The first kappa shape index (κ1) is 15.2. The number of methoxy groups -OCH3 is 1. The summed E-state index contributed by atoms with van der Waals surface area (Å²) in [5, 5.41) is 3.54. The minimum absolute atomic E-state index is 0.117. The molecule has 0 aliphatic heterocycles. The van der Waals surface area contributed by atoms with E-state index in [-0.39, 0.29) is 12.2 Å². The molecule has 0 aliphatic rings. The lowest BCUT2D eigenvalue weighted by Crippen LogP contribution is -2.36. The van der Waals surface area contributed by atoms with Gasteiger partial charge in [0.15, 0.2) is 5.69 Å². The molecule has 1 N–H and O–H groups in total. The van der Waals surface area contributed by atoms with Gasteiger partial charge < -0.3 is 10.1 Å². The SMILES string of the molecule is COC(=O)c1csc(/C=C/CNC(=O)C(F)(F)F)n1. The van der Waals surface area contributed by atoms with Crippen molar-refractivity contribution in [3.05, 3.63) is 22.2 Å².